The molecule has 1 atom stereocenters. The fourth-order valence-electron chi connectivity index (χ4n) is 8.02. The van der Waals surface area contributed by atoms with E-state index in [1.54, 1.807) is 0 Å². The minimum Gasteiger partial charge on any atom is -0.509 e. The zero-order valence-electron chi connectivity index (χ0n) is 36.4. The Morgan fingerprint density at radius 3 is 2.14 bits per heavy atom. The summed E-state index contributed by atoms with van der Waals surface area (Å²) in [4.78, 5) is 4.95. The maximum absolute atomic E-state index is 6.81. The fourth-order valence-corrected chi connectivity index (χ4v) is 8.02. The first kappa shape index (κ1) is 43.1. The number of pyridine rings is 1. The van der Waals surface area contributed by atoms with Gasteiger partial charge in [0.25, 0.3) is 0 Å². The summed E-state index contributed by atoms with van der Waals surface area (Å²) in [6.45, 7) is 24.8. The molecule has 0 spiro atoms. The molecule has 0 amide bonds. The van der Waals surface area contributed by atoms with Crippen molar-refractivity contribution >= 4 is 21.8 Å². The maximum atomic E-state index is 6.81. The SMILES string of the molecule is CCc1nn(-c2[c-]c(Oc3[c-]c4c(cc3)c3cc(C(C)CCCC(C)C)ccc3n4-c3cc(C(C)(C)C)ccn3)cc(C(C)(C)C)c2)c(CC)c1-c1ccccc1.[Pt+2]. The van der Waals surface area contributed by atoms with Gasteiger partial charge in [0, 0.05) is 34.5 Å². The molecule has 7 rings (SSSR count). The van der Waals surface area contributed by atoms with Crippen LogP contribution in [0, 0.1) is 18.1 Å². The first-order valence-corrected chi connectivity index (χ1v) is 21.1. The van der Waals surface area contributed by atoms with Crippen molar-refractivity contribution in [2.45, 2.75) is 125 Å². The minimum atomic E-state index is -0.134. The van der Waals surface area contributed by atoms with E-state index in [1.165, 1.54) is 52.6 Å². The van der Waals surface area contributed by atoms with E-state index in [-0.39, 0.29) is 31.9 Å². The van der Waals surface area contributed by atoms with Gasteiger partial charge in [0.05, 0.1) is 5.69 Å². The van der Waals surface area contributed by atoms with Crippen LogP contribution in [0.25, 0.3) is 44.4 Å². The zero-order valence-corrected chi connectivity index (χ0v) is 38.6. The number of benzene rings is 4. The van der Waals surface area contributed by atoms with Crippen molar-refractivity contribution in [3.05, 3.63) is 131 Å². The van der Waals surface area contributed by atoms with Gasteiger partial charge in [0.2, 0.25) is 0 Å². The summed E-state index contributed by atoms with van der Waals surface area (Å²) in [5, 5.41) is 7.55. The van der Waals surface area contributed by atoms with Crippen LogP contribution in [0.15, 0.2) is 91.1 Å². The van der Waals surface area contributed by atoms with Crippen molar-refractivity contribution in [3.63, 3.8) is 0 Å². The van der Waals surface area contributed by atoms with E-state index in [0.29, 0.717) is 17.4 Å². The summed E-state index contributed by atoms with van der Waals surface area (Å²) in [5.74, 6) is 3.34. The molecule has 0 saturated heterocycles. The van der Waals surface area contributed by atoms with Crippen LogP contribution in [0.5, 0.6) is 11.5 Å². The van der Waals surface area contributed by atoms with Crippen LogP contribution < -0.4 is 4.74 Å². The van der Waals surface area contributed by atoms with Gasteiger partial charge in [-0.2, -0.15) is 11.2 Å². The summed E-state index contributed by atoms with van der Waals surface area (Å²) >= 11 is 0. The smallest absolute Gasteiger partial charge is 0.509 e. The Morgan fingerprint density at radius 2 is 1.47 bits per heavy atom. The summed E-state index contributed by atoms with van der Waals surface area (Å²) < 4.78 is 11.2. The Bertz CT molecular complexity index is 2510. The first-order valence-electron chi connectivity index (χ1n) is 21.1. The van der Waals surface area contributed by atoms with Crippen LogP contribution in [0.2, 0.25) is 0 Å². The number of aryl methyl sites for hydroxylation is 1. The third-order valence-corrected chi connectivity index (χ3v) is 11.4. The summed E-state index contributed by atoms with van der Waals surface area (Å²) in [6, 6.07) is 37.9. The molecule has 0 radical (unpaired) electrons. The summed E-state index contributed by atoms with van der Waals surface area (Å²) in [5.41, 5.74) is 11.2. The van der Waals surface area contributed by atoms with Gasteiger partial charge in [-0.3, -0.25) is 4.68 Å². The Balaban J connectivity index is 0.00000567. The molecule has 3 heterocycles. The molecule has 1 unspecified atom stereocenters. The van der Waals surface area contributed by atoms with Gasteiger partial charge in [-0.05, 0) is 87.9 Å². The fraction of sp³-hybridized carbons (Fsp3) is 0.385. The molecule has 0 aliphatic heterocycles. The monoisotopic (exact) mass is 951 g/mol. The Hall–Kier alpha value is -4.47. The van der Waals surface area contributed by atoms with Crippen LogP contribution in [-0.4, -0.2) is 19.3 Å². The summed E-state index contributed by atoms with van der Waals surface area (Å²) in [7, 11) is 0. The third kappa shape index (κ3) is 8.91. The topological polar surface area (TPSA) is 44.9 Å². The van der Waals surface area contributed by atoms with Gasteiger partial charge in [-0.1, -0.05) is 137 Å². The largest absolute Gasteiger partial charge is 2.00 e. The molecule has 0 N–H and O–H groups in total. The average molecular weight is 952 g/mol. The second-order valence-electron chi connectivity index (χ2n) is 18.3. The molecule has 0 aliphatic carbocycles. The van der Waals surface area contributed by atoms with E-state index in [0.717, 1.165) is 57.9 Å². The Labute approximate surface area is 361 Å². The molecule has 5 nitrogen and oxygen atoms in total. The van der Waals surface area contributed by atoms with Crippen molar-refractivity contribution in [1.29, 1.82) is 0 Å². The van der Waals surface area contributed by atoms with Crippen LogP contribution in [0.1, 0.15) is 129 Å². The van der Waals surface area contributed by atoms with Crippen LogP contribution in [0.4, 0.5) is 0 Å². The average Bonchev–Trinajstić information content (AvgIpc) is 3.72. The van der Waals surface area contributed by atoms with E-state index in [1.807, 2.05) is 6.20 Å². The van der Waals surface area contributed by atoms with E-state index in [2.05, 4.69) is 182 Å². The molecule has 3 aromatic heterocycles. The molecule has 304 valence electrons. The van der Waals surface area contributed by atoms with E-state index < -0.39 is 0 Å². The normalized spacial score (nSPS) is 12.7. The number of aromatic nitrogens is 4. The van der Waals surface area contributed by atoms with Gasteiger partial charge in [-0.25, -0.2) is 4.98 Å². The van der Waals surface area contributed by atoms with Crippen LogP contribution >= 0.6 is 0 Å². The summed E-state index contributed by atoms with van der Waals surface area (Å²) in [6.07, 6.45) is 7.27. The predicted octanol–water partition coefficient (Wildman–Crippen LogP) is 14.1. The van der Waals surface area contributed by atoms with Gasteiger partial charge in [0.1, 0.15) is 5.82 Å². The zero-order chi connectivity index (χ0) is 40.6. The second kappa shape index (κ2) is 17.4. The molecule has 4 aromatic carbocycles. The van der Waals surface area contributed by atoms with E-state index >= 15 is 0 Å². The number of hydrogen-bond acceptors (Lipinski definition) is 3. The van der Waals surface area contributed by atoms with Crippen molar-refractivity contribution in [2.75, 3.05) is 0 Å². The van der Waals surface area contributed by atoms with E-state index in [4.69, 9.17) is 14.8 Å². The first-order chi connectivity index (χ1) is 27.2. The molecule has 0 fully saturated rings. The molecular weight excluding hydrogens is 892 g/mol. The van der Waals surface area contributed by atoms with Crippen molar-refractivity contribution in [1.82, 2.24) is 19.3 Å². The van der Waals surface area contributed by atoms with Gasteiger partial charge >= 0.3 is 21.1 Å². The van der Waals surface area contributed by atoms with Gasteiger partial charge < -0.3 is 9.30 Å². The molecule has 0 aliphatic rings. The number of fused-ring (bicyclic) bond motifs is 3. The Kier molecular flexibility index (Phi) is 12.9. The molecule has 7 aromatic rings. The molecular formula is C52H60N4OPt. The molecule has 0 saturated carbocycles. The predicted molar refractivity (Wildman–Crippen MR) is 239 cm³/mol. The van der Waals surface area contributed by atoms with Crippen molar-refractivity contribution < 1.29 is 25.8 Å². The van der Waals surface area contributed by atoms with Gasteiger partial charge in [-0.15, -0.1) is 41.3 Å². The third-order valence-electron chi connectivity index (χ3n) is 11.4. The minimum absolute atomic E-state index is 0. The maximum Gasteiger partial charge on any atom is 2.00 e. The van der Waals surface area contributed by atoms with Crippen molar-refractivity contribution in [2.24, 2.45) is 5.92 Å². The number of rotatable bonds is 12. The number of nitrogens with zero attached hydrogens (tertiary/aromatic N) is 4. The van der Waals surface area contributed by atoms with Crippen molar-refractivity contribution in [3.8, 4) is 34.1 Å². The molecule has 0 bridgehead atoms. The Morgan fingerprint density at radius 1 is 0.724 bits per heavy atom. The molecule has 6 heteroatoms. The van der Waals surface area contributed by atoms with Crippen LogP contribution in [0.3, 0.4) is 0 Å². The van der Waals surface area contributed by atoms with Gasteiger partial charge in [0.15, 0.2) is 0 Å². The standard InChI is InChI=1S/C52H60N4O.Pt/c1-12-45-50(36-20-15-14-16-21-36)46(13-2)56(54-45)40-29-39(52(9,10)11)30-42(32-40)57-41-23-24-43-44-28-37(35(5)19-17-18-34(3)4)22-25-47(44)55(48(43)33-41)49-31-38(26-27-53-49)51(6,7)8;/h14-16,20-31,34-35H,12-13,17-19H2,1-11H3;/q-2;+2. The number of ether oxygens (including phenoxy) is 1. The van der Waals surface area contributed by atoms with Crippen LogP contribution in [-0.2, 0) is 44.7 Å². The number of hydrogen-bond donors (Lipinski definition) is 0. The second-order valence-corrected chi connectivity index (χ2v) is 18.3. The quantitative estimate of drug-likeness (QED) is 0.115. The van der Waals surface area contributed by atoms with E-state index in [9.17, 15) is 0 Å². The molecule has 58 heavy (non-hydrogen) atoms.